The second-order valence-electron chi connectivity index (χ2n) is 7.03. The number of aromatic nitrogens is 3. The molecule has 2 N–H and O–H groups in total. The Hall–Kier alpha value is -1.76. The van der Waals surface area contributed by atoms with Gasteiger partial charge in [0.25, 0.3) is 5.95 Å². The van der Waals surface area contributed by atoms with Crippen LogP contribution in [0.1, 0.15) is 51.4 Å². The van der Waals surface area contributed by atoms with Crippen molar-refractivity contribution in [2.24, 2.45) is 4.99 Å². The van der Waals surface area contributed by atoms with Crippen molar-refractivity contribution >= 4 is 23.6 Å². The van der Waals surface area contributed by atoms with Gasteiger partial charge in [-0.25, -0.2) is 4.99 Å². The zero-order valence-electron chi connectivity index (χ0n) is 14.9. The summed E-state index contributed by atoms with van der Waals surface area (Å²) >= 11 is 0. The largest absolute Gasteiger partial charge is 0.368 e. The van der Waals surface area contributed by atoms with Gasteiger partial charge >= 0.3 is 0 Å². The molecule has 2 aliphatic rings. The van der Waals surface area contributed by atoms with Crippen molar-refractivity contribution in [2.75, 3.05) is 37.8 Å². The number of nitrogen functional groups attached to an aromatic ring is 1. The summed E-state index contributed by atoms with van der Waals surface area (Å²) in [6.45, 7) is 2.20. The van der Waals surface area contributed by atoms with E-state index in [1.54, 1.807) is 0 Å². The number of nitrogens with zero attached hydrogens (tertiary/aromatic N) is 6. The van der Waals surface area contributed by atoms with E-state index in [4.69, 9.17) is 5.73 Å². The zero-order valence-corrected chi connectivity index (χ0v) is 14.9. The smallest absolute Gasteiger partial charge is 0.255 e. The normalized spacial score (nSPS) is 20.7. The number of nitrogens with two attached hydrogens (primary N) is 1. The van der Waals surface area contributed by atoms with Crippen LogP contribution >= 0.6 is 0 Å². The van der Waals surface area contributed by atoms with Gasteiger partial charge in [0.1, 0.15) is 0 Å². The van der Waals surface area contributed by atoms with E-state index in [-0.39, 0.29) is 5.95 Å². The van der Waals surface area contributed by atoms with Crippen LogP contribution in [-0.2, 0) is 0 Å². The Kier molecular flexibility index (Phi) is 5.60. The predicted octanol–water partition coefficient (Wildman–Crippen LogP) is 2.41. The molecular formula is C17H29N7. The standard InChI is InChI=1S/C17H29N7/c1-23-11-9-14(10-12-23)24(2)17-21-15(18)20-16(22-17)19-13-7-5-3-4-6-8-13/h14H,3-12H2,1-2H3,(H2,18,20,21,22). The van der Waals surface area contributed by atoms with Crippen molar-refractivity contribution < 1.29 is 0 Å². The minimum atomic E-state index is 0.257. The van der Waals surface area contributed by atoms with Crippen molar-refractivity contribution in [2.45, 2.75) is 57.4 Å². The molecule has 1 aliphatic carbocycles. The average Bonchev–Trinajstić information content (AvgIpc) is 2.83. The van der Waals surface area contributed by atoms with Crippen LogP contribution in [0.4, 0.5) is 17.8 Å². The van der Waals surface area contributed by atoms with E-state index in [0.29, 0.717) is 17.9 Å². The third kappa shape index (κ3) is 4.41. The number of hydrogen-bond donors (Lipinski definition) is 1. The fraction of sp³-hybridized carbons (Fsp3) is 0.765. The van der Waals surface area contributed by atoms with Crippen molar-refractivity contribution in [1.29, 1.82) is 0 Å². The lowest BCUT2D eigenvalue weighted by molar-refractivity contribution is 0.252. The van der Waals surface area contributed by atoms with Crippen molar-refractivity contribution in [3.8, 4) is 0 Å². The van der Waals surface area contributed by atoms with E-state index in [1.165, 1.54) is 31.4 Å². The lowest BCUT2D eigenvalue weighted by atomic mass is 10.0. The van der Waals surface area contributed by atoms with Crippen LogP contribution < -0.4 is 10.6 Å². The molecule has 0 bridgehead atoms. The lowest BCUT2D eigenvalue weighted by Crippen LogP contribution is -2.42. The molecule has 2 fully saturated rings. The van der Waals surface area contributed by atoms with Crippen LogP contribution in [0.5, 0.6) is 0 Å². The second-order valence-corrected chi connectivity index (χ2v) is 7.03. The highest BCUT2D eigenvalue weighted by Gasteiger charge is 2.23. The quantitative estimate of drug-likeness (QED) is 0.856. The molecule has 1 aliphatic heterocycles. The molecule has 1 aromatic heterocycles. The minimum absolute atomic E-state index is 0.257. The zero-order chi connectivity index (χ0) is 16.9. The lowest BCUT2D eigenvalue weighted by Gasteiger charge is -2.35. The van der Waals surface area contributed by atoms with Gasteiger partial charge in [-0.05, 0) is 58.7 Å². The highest BCUT2D eigenvalue weighted by atomic mass is 15.3. The van der Waals surface area contributed by atoms with E-state index in [2.05, 4.69) is 36.8 Å². The molecule has 132 valence electrons. The summed E-state index contributed by atoms with van der Waals surface area (Å²) in [7, 11) is 4.21. The van der Waals surface area contributed by atoms with Gasteiger partial charge in [0.05, 0.1) is 0 Å². The molecule has 0 radical (unpaired) electrons. The van der Waals surface area contributed by atoms with Crippen LogP contribution in [0.2, 0.25) is 0 Å². The highest BCUT2D eigenvalue weighted by molar-refractivity contribution is 5.86. The van der Waals surface area contributed by atoms with E-state index in [9.17, 15) is 0 Å². The summed E-state index contributed by atoms with van der Waals surface area (Å²) in [5.41, 5.74) is 7.12. The molecule has 0 atom stereocenters. The molecule has 0 amide bonds. The molecule has 3 rings (SSSR count). The number of anilines is 2. The number of piperidine rings is 1. The topological polar surface area (TPSA) is 83.5 Å². The van der Waals surface area contributed by atoms with E-state index >= 15 is 0 Å². The van der Waals surface area contributed by atoms with Gasteiger partial charge in [-0.2, -0.15) is 15.0 Å². The predicted molar refractivity (Wildman–Crippen MR) is 98.0 cm³/mol. The minimum Gasteiger partial charge on any atom is -0.368 e. The fourth-order valence-electron chi connectivity index (χ4n) is 3.51. The Balaban J connectivity index is 1.76. The van der Waals surface area contributed by atoms with Gasteiger partial charge in [-0.1, -0.05) is 12.8 Å². The van der Waals surface area contributed by atoms with Gasteiger partial charge in [-0.3, -0.25) is 0 Å². The first kappa shape index (κ1) is 17.1. The Labute approximate surface area is 144 Å². The van der Waals surface area contributed by atoms with Crippen LogP contribution in [-0.4, -0.2) is 58.8 Å². The van der Waals surface area contributed by atoms with Gasteiger partial charge < -0.3 is 15.5 Å². The highest BCUT2D eigenvalue weighted by Crippen LogP contribution is 2.22. The number of rotatable bonds is 3. The summed E-state index contributed by atoms with van der Waals surface area (Å²) in [4.78, 5) is 22.3. The number of likely N-dealkylation sites (tertiary alicyclic amines) is 1. The third-order valence-electron chi connectivity index (χ3n) is 5.12. The van der Waals surface area contributed by atoms with Gasteiger partial charge in [-0.15, -0.1) is 0 Å². The molecule has 2 heterocycles. The fourth-order valence-corrected chi connectivity index (χ4v) is 3.51. The van der Waals surface area contributed by atoms with Gasteiger partial charge in [0, 0.05) is 18.8 Å². The second kappa shape index (κ2) is 7.88. The average molecular weight is 331 g/mol. The molecule has 0 spiro atoms. The number of hydrogen-bond acceptors (Lipinski definition) is 7. The van der Waals surface area contributed by atoms with E-state index < -0.39 is 0 Å². The summed E-state index contributed by atoms with van der Waals surface area (Å²) in [5, 5.41) is 0. The third-order valence-corrected chi connectivity index (χ3v) is 5.12. The van der Waals surface area contributed by atoms with Crippen molar-refractivity contribution in [1.82, 2.24) is 19.9 Å². The van der Waals surface area contributed by atoms with E-state index in [0.717, 1.165) is 38.8 Å². The maximum atomic E-state index is 5.92. The van der Waals surface area contributed by atoms with Crippen LogP contribution in [0, 0.1) is 0 Å². The maximum absolute atomic E-state index is 5.92. The molecule has 1 saturated carbocycles. The first-order valence-electron chi connectivity index (χ1n) is 9.11. The first-order chi connectivity index (χ1) is 11.6. The Morgan fingerprint density at radius 1 is 1.04 bits per heavy atom. The Morgan fingerprint density at radius 3 is 2.38 bits per heavy atom. The van der Waals surface area contributed by atoms with Crippen LogP contribution in [0.3, 0.4) is 0 Å². The summed E-state index contributed by atoms with van der Waals surface area (Å²) < 4.78 is 0. The molecule has 7 nitrogen and oxygen atoms in total. The molecule has 24 heavy (non-hydrogen) atoms. The molecule has 0 unspecified atom stereocenters. The molecule has 1 aromatic rings. The summed E-state index contributed by atoms with van der Waals surface area (Å²) in [5.74, 6) is 1.37. The van der Waals surface area contributed by atoms with Gasteiger partial charge in [0.15, 0.2) is 0 Å². The monoisotopic (exact) mass is 331 g/mol. The molecule has 7 heteroatoms. The SMILES string of the molecule is CN1CCC(N(C)c2nc(N)nc(N=C3CCCCCC3)n2)CC1. The molecule has 1 saturated heterocycles. The first-order valence-corrected chi connectivity index (χ1v) is 9.11. The Bertz CT molecular complexity index is 568. The summed E-state index contributed by atoms with van der Waals surface area (Å²) in [6.07, 6.45) is 9.33. The maximum Gasteiger partial charge on any atom is 0.255 e. The summed E-state index contributed by atoms with van der Waals surface area (Å²) in [6, 6.07) is 0.446. The Morgan fingerprint density at radius 2 is 1.71 bits per heavy atom. The van der Waals surface area contributed by atoms with Crippen LogP contribution in [0.25, 0.3) is 0 Å². The van der Waals surface area contributed by atoms with Gasteiger partial charge in [0.2, 0.25) is 11.9 Å². The van der Waals surface area contributed by atoms with Crippen molar-refractivity contribution in [3.05, 3.63) is 0 Å². The van der Waals surface area contributed by atoms with Crippen LogP contribution in [0.15, 0.2) is 4.99 Å². The molecular weight excluding hydrogens is 302 g/mol. The molecule has 0 aromatic carbocycles. The van der Waals surface area contributed by atoms with E-state index in [1.807, 2.05) is 7.05 Å². The van der Waals surface area contributed by atoms with Crippen molar-refractivity contribution in [3.63, 3.8) is 0 Å². The number of aliphatic imine (C=N–C) groups is 1.